The standard InChI is InChI=1S/C28H40N4O2/c1-23(2)29(25-11-7-5-8-12-25)27(33)21-31-15-18-32(19-16-31,20-17-31)22-28(34)30(24(3)4)26-13-9-6-10-14-26/h5-14,23-24H,15-22H2,1-4H3/q+2. The van der Waals surface area contributed by atoms with Crippen LogP contribution in [0.15, 0.2) is 60.7 Å². The lowest BCUT2D eigenvalue weighted by Crippen LogP contribution is -2.77. The van der Waals surface area contributed by atoms with Crippen LogP contribution in [0.2, 0.25) is 0 Å². The number of hydrogen-bond donors (Lipinski definition) is 0. The Morgan fingerprint density at radius 2 is 0.912 bits per heavy atom. The van der Waals surface area contributed by atoms with Gasteiger partial charge in [-0.1, -0.05) is 36.4 Å². The van der Waals surface area contributed by atoms with Crippen LogP contribution in [-0.4, -0.2) is 85.2 Å². The summed E-state index contributed by atoms with van der Waals surface area (Å²) in [4.78, 5) is 30.8. The molecule has 0 radical (unpaired) electrons. The first kappa shape index (κ1) is 24.4. The summed E-state index contributed by atoms with van der Waals surface area (Å²) in [7, 11) is 0. The number of carbonyl (C=O) groups is 2. The number of hydrogen-bond acceptors (Lipinski definition) is 2. The van der Waals surface area contributed by atoms with Crippen molar-refractivity contribution in [2.75, 3.05) is 62.2 Å². The maximum absolute atomic E-state index is 13.5. The summed E-state index contributed by atoms with van der Waals surface area (Å²) in [6, 6.07) is 20.3. The lowest BCUT2D eigenvalue weighted by molar-refractivity contribution is -1.07. The predicted molar refractivity (Wildman–Crippen MR) is 138 cm³/mol. The Kier molecular flexibility index (Phi) is 7.10. The van der Waals surface area contributed by atoms with E-state index in [-0.39, 0.29) is 23.9 Å². The molecule has 2 amide bonds. The molecular formula is C28H40N4O2+2. The third kappa shape index (κ3) is 5.03. The molecule has 3 heterocycles. The first-order valence-electron chi connectivity index (χ1n) is 12.7. The maximum Gasteiger partial charge on any atom is 0.282 e. The molecule has 34 heavy (non-hydrogen) atoms. The average Bonchev–Trinajstić information content (AvgIpc) is 2.81. The number of rotatable bonds is 8. The summed E-state index contributed by atoms with van der Waals surface area (Å²) in [6.45, 7) is 15.2. The van der Waals surface area contributed by atoms with E-state index in [1.165, 1.54) is 0 Å². The Morgan fingerprint density at radius 3 is 1.18 bits per heavy atom. The molecular weight excluding hydrogens is 424 g/mol. The van der Waals surface area contributed by atoms with Gasteiger partial charge in [-0.25, -0.2) is 0 Å². The van der Waals surface area contributed by atoms with Crippen molar-refractivity contribution in [3.63, 3.8) is 0 Å². The minimum atomic E-state index is 0.121. The molecule has 6 nitrogen and oxygen atoms in total. The van der Waals surface area contributed by atoms with Gasteiger partial charge in [0.05, 0.1) is 0 Å². The molecule has 0 aromatic heterocycles. The van der Waals surface area contributed by atoms with Crippen molar-refractivity contribution < 1.29 is 18.6 Å². The first-order chi connectivity index (χ1) is 16.2. The van der Waals surface area contributed by atoms with E-state index < -0.39 is 0 Å². The van der Waals surface area contributed by atoms with Crippen molar-refractivity contribution in [3.8, 4) is 0 Å². The molecule has 0 spiro atoms. The Labute approximate surface area is 204 Å². The van der Waals surface area contributed by atoms with Crippen molar-refractivity contribution in [1.82, 2.24) is 0 Å². The summed E-state index contributed by atoms with van der Waals surface area (Å²) in [5.41, 5.74) is 1.94. The SMILES string of the molecule is CC(C)N(C(=O)C[N+]12CC[N+](CC(=O)N(c3ccccc3)C(C)C)(CC1)CC2)c1ccccc1. The number of quaternary nitrogens is 2. The minimum Gasteiger partial charge on any atom is -0.305 e. The van der Waals surface area contributed by atoms with Gasteiger partial charge in [-0.05, 0) is 52.0 Å². The second kappa shape index (κ2) is 9.88. The fourth-order valence-electron chi connectivity index (χ4n) is 5.78. The number of para-hydroxylation sites is 2. The average molecular weight is 465 g/mol. The van der Waals surface area contributed by atoms with Gasteiger partial charge in [0.2, 0.25) is 0 Å². The van der Waals surface area contributed by atoms with E-state index in [4.69, 9.17) is 0 Å². The highest BCUT2D eigenvalue weighted by molar-refractivity contribution is 5.95. The molecule has 3 aliphatic rings. The zero-order valence-corrected chi connectivity index (χ0v) is 21.2. The molecule has 0 atom stereocenters. The highest BCUT2D eigenvalue weighted by atomic mass is 16.2. The van der Waals surface area contributed by atoms with Gasteiger partial charge < -0.3 is 18.8 Å². The van der Waals surface area contributed by atoms with Gasteiger partial charge in [0.1, 0.15) is 39.3 Å². The summed E-state index contributed by atoms with van der Waals surface area (Å²) >= 11 is 0. The molecule has 6 heteroatoms. The van der Waals surface area contributed by atoms with Gasteiger partial charge in [0.25, 0.3) is 11.8 Å². The molecule has 2 aromatic rings. The third-order valence-corrected chi connectivity index (χ3v) is 7.73. The molecule has 182 valence electrons. The molecule has 3 fully saturated rings. The highest BCUT2D eigenvalue weighted by Crippen LogP contribution is 2.29. The molecule has 0 saturated carbocycles. The number of amides is 2. The van der Waals surface area contributed by atoms with Gasteiger partial charge >= 0.3 is 0 Å². The molecule has 3 aliphatic heterocycles. The number of nitrogens with zero attached hydrogens (tertiary/aromatic N) is 4. The summed E-state index contributed by atoms with van der Waals surface area (Å²) in [5, 5.41) is 0. The number of anilines is 2. The number of benzene rings is 2. The van der Waals surface area contributed by atoms with Crippen LogP contribution >= 0.6 is 0 Å². The minimum absolute atomic E-state index is 0.121. The summed E-state index contributed by atoms with van der Waals surface area (Å²) < 4.78 is 1.71. The van der Waals surface area contributed by atoms with Crippen LogP contribution in [0.3, 0.4) is 0 Å². The molecule has 2 bridgehead atoms. The van der Waals surface area contributed by atoms with E-state index in [0.717, 1.165) is 59.6 Å². The number of piperazine rings is 3. The quantitative estimate of drug-likeness (QED) is 0.561. The number of carbonyl (C=O) groups excluding carboxylic acids is 2. The van der Waals surface area contributed by atoms with E-state index in [1.807, 2.05) is 70.5 Å². The van der Waals surface area contributed by atoms with Gasteiger partial charge in [0, 0.05) is 23.5 Å². The maximum atomic E-state index is 13.5. The number of fused-ring (bicyclic) bond motifs is 3. The van der Waals surface area contributed by atoms with Crippen molar-refractivity contribution in [2.45, 2.75) is 39.8 Å². The van der Waals surface area contributed by atoms with E-state index in [2.05, 4.69) is 27.7 Å². The second-order valence-electron chi connectivity index (χ2n) is 10.7. The molecule has 3 saturated heterocycles. The fraction of sp³-hybridized carbons (Fsp3) is 0.500. The Morgan fingerprint density at radius 1 is 0.618 bits per heavy atom. The van der Waals surface area contributed by atoms with Crippen LogP contribution in [0.25, 0.3) is 0 Å². The van der Waals surface area contributed by atoms with Crippen molar-refractivity contribution in [3.05, 3.63) is 60.7 Å². The summed E-state index contributed by atoms with van der Waals surface area (Å²) in [6.07, 6.45) is 0. The van der Waals surface area contributed by atoms with Gasteiger partial charge in [0.15, 0.2) is 13.1 Å². The largest absolute Gasteiger partial charge is 0.305 e. The monoisotopic (exact) mass is 464 g/mol. The van der Waals surface area contributed by atoms with Crippen LogP contribution in [0.1, 0.15) is 27.7 Å². The normalized spacial score (nSPS) is 23.8. The summed E-state index contributed by atoms with van der Waals surface area (Å²) in [5.74, 6) is 0.406. The Bertz CT molecular complexity index is 884. The van der Waals surface area contributed by atoms with E-state index in [1.54, 1.807) is 0 Å². The lowest BCUT2D eigenvalue weighted by atomic mass is 10.1. The van der Waals surface area contributed by atoms with Crippen molar-refractivity contribution in [2.24, 2.45) is 0 Å². The predicted octanol–water partition coefficient (Wildman–Crippen LogP) is 3.53. The van der Waals surface area contributed by atoms with Gasteiger partial charge in [-0.3, -0.25) is 9.59 Å². The fourth-order valence-corrected chi connectivity index (χ4v) is 5.78. The van der Waals surface area contributed by atoms with E-state index in [0.29, 0.717) is 13.1 Å². The van der Waals surface area contributed by atoms with Crippen molar-refractivity contribution in [1.29, 1.82) is 0 Å². The highest BCUT2D eigenvalue weighted by Gasteiger charge is 2.51. The smallest absolute Gasteiger partial charge is 0.282 e. The molecule has 0 aliphatic carbocycles. The first-order valence-corrected chi connectivity index (χ1v) is 12.7. The molecule has 2 aromatic carbocycles. The zero-order chi connectivity index (χ0) is 24.3. The molecule has 0 unspecified atom stereocenters. The molecule has 0 N–H and O–H groups in total. The van der Waals surface area contributed by atoms with E-state index >= 15 is 0 Å². The van der Waals surface area contributed by atoms with Crippen LogP contribution < -0.4 is 9.80 Å². The van der Waals surface area contributed by atoms with Crippen molar-refractivity contribution >= 4 is 23.2 Å². The van der Waals surface area contributed by atoms with Gasteiger partial charge in [-0.15, -0.1) is 0 Å². The van der Waals surface area contributed by atoms with E-state index in [9.17, 15) is 9.59 Å². The van der Waals surface area contributed by atoms with Gasteiger partial charge in [-0.2, -0.15) is 0 Å². The topological polar surface area (TPSA) is 40.6 Å². The second-order valence-corrected chi connectivity index (χ2v) is 10.7. The van der Waals surface area contributed by atoms with Crippen LogP contribution in [0, 0.1) is 0 Å². The zero-order valence-electron chi connectivity index (χ0n) is 21.2. The van der Waals surface area contributed by atoms with Crippen LogP contribution in [0.4, 0.5) is 11.4 Å². The third-order valence-electron chi connectivity index (χ3n) is 7.73. The Hall–Kier alpha value is -2.70. The molecule has 5 rings (SSSR count). The lowest BCUT2D eigenvalue weighted by Gasteiger charge is -2.55. The van der Waals surface area contributed by atoms with Crippen LogP contribution in [0.5, 0.6) is 0 Å². The Balaban J connectivity index is 1.42. The van der Waals surface area contributed by atoms with Crippen LogP contribution in [-0.2, 0) is 9.59 Å².